The van der Waals surface area contributed by atoms with E-state index in [0.29, 0.717) is 0 Å². The molecule has 1 heterocycles. The van der Waals surface area contributed by atoms with Crippen molar-refractivity contribution in [2.75, 3.05) is 19.0 Å². The fourth-order valence-electron chi connectivity index (χ4n) is 1.80. The highest BCUT2D eigenvalue weighted by Crippen LogP contribution is 2.59. The molecular formula is C7H8ClF2NO. The summed E-state index contributed by atoms with van der Waals surface area (Å²) in [4.78, 5) is 12.4. The predicted molar refractivity (Wildman–Crippen MR) is 39.2 cm³/mol. The highest BCUT2D eigenvalue weighted by molar-refractivity contribution is 6.27. The molecule has 0 aromatic heterocycles. The van der Waals surface area contributed by atoms with Crippen molar-refractivity contribution < 1.29 is 13.6 Å². The first-order chi connectivity index (χ1) is 5.57. The second kappa shape index (κ2) is 2.31. The molecule has 1 aliphatic heterocycles. The lowest BCUT2D eigenvalue weighted by atomic mass is 10.4. The van der Waals surface area contributed by atoms with Crippen LogP contribution in [-0.2, 0) is 4.79 Å². The third kappa shape index (κ3) is 0.937. The lowest BCUT2D eigenvalue weighted by Gasteiger charge is -2.18. The quantitative estimate of drug-likeness (QED) is 0.571. The van der Waals surface area contributed by atoms with Gasteiger partial charge in [0.05, 0.1) is 11.8 Å². The standard InChI is InChI=1S/C7H8ClF2NO/c8-1-6(12)11-2-4-5(3-11)7(4,9)10/h4-5H,1-3H2. The van der Waals surface area contributed by atoms with Crippen molar-refractivity contribution in [2.24, 2.45) is 11.8 Å². The second-order valence-corrected chi connectivity index (χ2v) is 3.59. The number of carbonyl (C=O) groups excluding carboxylic acids is 1. The van der Waals surface area contributed by atoms with Crippen molar-refractivity contribution in [3.8, 4) is 0 Å². The van der Waals surface area contributed by atoms with Gasteiger partial charge in [-0.15, -0.1) is 11.6 Å². The zero-order valence-electron chi connectivity index (χ0n) is 6.27. The molecule has 0 aromatic carbocycles. The van der Waals surface area contributed by atoms with Gasteiger partial charge in [-0.2, -0.15) is 0 Å². The monoisotopic (exact) mass is 195 g/mol. The number of hydrogen-bond acceptors (Lipinski definition) is 1. The summed E-state index contributed by atoms with van der Waals surface area (Å²) in [5, 5.41) is 0. The van der Waals surface area contributed by atoms with Gasteiger partial charge >= 0.3 is 0 Å². The van der Waals surface area contributed by atoms with Crippen LogP contribution in [0.15, 0.2) is 0 Å². The first-order valence-electron chi connectivity index (χ1n) is 3.79. The first-order valence-corrected chi connectivity index (χ1v) is 4.32. The summed E-state index contributed by atoms with van der Waals surface area (Å²) in [5.74, 6) is -4.04. The molecular weight excluding hydrogens is 188 g/mol. The number of amides is 1. The maximum absolute atomic E-state index is 12.6. The van der Waals surface area contributed by atoms with Crippen molar-refractivity contribution in [3.05, 3.63) is 0 Å². The molecule has 2 fully saturated rings. The number of nitrogens with zero attached hydrogens (tertiary/aromatic N) is 1. The molecule has 2 aliphatic rings. The summed E-state index contributed by atoms with van der Waals surface area (Å²) < 4.78 is 25.2. The fourth-order valence-corrected chi connectivity index (χ4v) is 1.97. The Morgan fingerprint density at radius 1 is 1.50 bits per heavy atom. The first kappa shape index (κ1) is 8.23. The molecule has 0 N–H and O–H groups in total. The Labute approximate surface area is 73.5 Å². The van der Waals surface area contributed by atoms with Crippen LogP contribution in [0.5, 0.6) is 0 Å². The summed E-state index contributed by atoms with van der Waals surface area (Å²) in [6, 6.07) is 0. The number of carbonyl (C=O) groups is 1. The number of halogens is 3. The Morgan fingerprint density at radius 2 is 2.00 bits per heavy atom. The summed E-state index contributed by atoms with van der Waals surface area (Å²) in [7, 11) is 0. The molecule has 2 unspecified atom stereocenters. The zero-order valence-corrected chi connectivity index (χ0v) is 7.02. The third-order valence-electron chi connectivity index (χ3n) is 2.67. The Bertz CT molecular complexity index is 219. The van der Waals surface area contributed by atoms with E-state index in [1.54, 1.807) is 0 Å². The van der Waals surface area contributed by atoms with Crippen LogP contribution in [-0.4, -0.2) is 35.7 Å². The smallest absolute Gasteiger partial charge is 0.258 e. The molecule has 1 saturated carbocycles. The number of piperidine rings is 1. The highest BCUT2D eigenvalue weighted by atomic mass is 35.5. The molecule has 12 heavy (non-hydrogen) atoms. The van der Waals surface area contributed by atoms with Crippen molar-refractivity contribution in [1.82, 2.24) is 4.90 Å². The average Bonchev–Trinajstić information content (AvgIpc) is 2.52. The fraction of sp³-hybridized carbons (Fsp3) is 0.857. The summed E-state index contributed by atoms with van der Waals surface area (Å²) in [5.41, 5.74) is 0. The zero-order chi connectivity index (χ0) is 8.93. The van der Waals surface area contributed by atoms with Crippen LogP contribution in [0, 0.1) is 11.8 Å². The van der Waals surface area contributed by atoms with E-state index in [1.165, 1.54) is 4.90 Å². The average molecular weight is 196 g/mol. The van der Waals surface area contributed by atoms with E-state index < -0.39 is 17.8 Å². The van der Waals surface area contributed by atoms with Gasteiger partial charge in [0, 0.05) is 13.1 Å². The van der Waals surface area contributed by atoms with Gasteiger partial charge in [0.25, 0.3) is 5.92 Å². The highest BCUT2D eigenvalue weighted by Gasteiger charge is 2.72. The maximum Gasteiger partial charge on any atom is 0.258 e. The van der Waals surface area contributed by atoms with Crippen molar-refractivity contribution in [3.63, 3.8) is 0 Å². The minimum absolute atomic E-state index is 0.106. The Hall–Kier alpha value is -0.380. The van der Waals surface area contributed by atoms with Crippen molar-refractivity contribution >= 4 is 17.5 Å². The number of alkyl halides is 3. The third-order valence-corrected chi connectivity index (χ3v) is 2.90. The molecule has 1 aliphatic carbocycles. The molecule has 2 atom stereocenters. The SMILES string of the molecule is O=C(CCl)N1CC2C(C1)C2(F)F. The van der Waals surface area contributed by atoms with Gasteiger partial charge in [0.1, 0.15) is 5.88 Å². The summed E-state index contributed by atoms with van der Waals surface area (Å²) in [6.45, 7) is 0.367. The van der Waals surface area contributed by atoms with Crippen LogP contribution in [0.1, 0.15) is 0 Å². The predicted octanol–water partition coefficient (Wildman–Crippen LogP) is 0.949. The van der Waals surface area contributed by atoms with Gasteiger partial charge in [-0.1, -0.05) is 0 Å². The molecule has 0 bridgehead atoms. The van der Waals surface area contributed by atoms with Crippen LogP contribution in [0.4, 0.5) is 8.78 Å². The van der Waals surface area contributed by atoms with Crippen LogP contribution >= 0.6 is 11.6 Å². The van der Waals surface area contributed by atoms with E-state index in [-0.39, 0.29) is 24.9 Å². The molecule has 2 nitrogen and oxygen atoms in total. The van der Waals surface area contributed by atoms with Crippen LogP contribution in [0.25, 0.3) is 0 Å². The topological polar surface area (TPSA) is 20.3 Å². The van der Waals surface area contributed by atoms with Crippen LogP contribution < -0.4 is 0 Å². The number of hydrogen-bond donors (Lipinski definition) is 0. The molecule has 68 valence electrons. The van der Waals surface area contributed by atoms with Crippen molar-refractivity contribution in [2.45, 2.75) is 5.92 Å². The molecule has 5 heteroatoms. The van der Waals surface area contributed by atoms with Crippen LogP contribution in [0.3, 0.4) is 0 Å². The van der Waals surface area contributed by atoms with E-state index in [1.807, 2.05) is 0 Å². The van der Waals surface area contributed by atoms with E-state index in [0.717, 1.165) is 0 Å². The second-order valence-electron chi connectivity index (χ2n) is 3.32. The number of likely N-dealkylation sites (tertiary alicyclic amines) is 1. The molecule has 0 spiro atoms. The minimum atomic E-state index is -2.51. The van der Waals surface area contributed by atoms with Gasteiger partial charge < -0.3 is 4.90 Å². The van der Waals surface area contributed by atoms with E-state index >= 15 is 0 Å². The largest absolute Gasteiger partial charge is 0.341 e. The van der Waals surface area contributed by atoms with Gasteiger partial charge in [-0.25, -0.2) is 8.78 Å². The van der Waals surface area contributed by atoms with Gasteiger partial charge in [-0.3, -0.25) is 4.79 Å². The van der Waals surface area contributed by atoms with Gasteiger partial charge in [-0.05, 0) is 0 Å². The van der Waals surface area contributed by atoms with Crippen LogP contribution in [0.2, 0.25) is 0 Å². The van der Waals surface area contributed by atoms with Gasteiger partial charge in [0.15, 0.2) is 0 Å². The molecule has 1 amide bonds. The summed E-state index contributed by atoms with van der Waals surface area (Å²) >= 11 is 5.29. The number of rotatable bonds is 1. The minimum Gasteiger partial charge on any atom is -0.341 e. The molecule has 0 radical (unpaired) electrons. The Morgan fingerprint density at radius 3 is 2.42 bits per heavy atom. The Balaban J connectivity index is 1.94. The van der Waals surface area contributed by atoms with E-state index in [2.05, 4.69) is 0 Å². The lowest BCUT2D eigenvalue weighted by molar-refractivity contribution is -0.129. The normalized spacial score (nSPS) is 36.4. The maximum atomic E-state index is 12.6. The van der Waals surface area contributed by atoms with E-state index in [4.69, 9.17) is 11.6 Å². The molecule has 2 rings (SSSR count). The number of fused-ring (bicyclic) bond motifs is 1. The van der Waals surface area contributed by atoms with E-state index in [9.17, 15) is 13.6 Å². The Kier molecular flexibility index (Phi) is 1.59. The molecule has 0 aromatic rings. The van der Waals surface area contributed by atoms with Gasteiger partial charge in [0.2, 0.25) is 5.91 Å². The molecule has 1 saturated heterocycles. The lowest BCUT2D eigenvalue weighted by Crippen LogP contribution is -2.34. The van der Waals surface area contributed by atoms with Crippen molar-refractivity contribution in [1.29, 1.82) is 0 Å². The summed E-state index contributed by atoms with van der Waals surface area (Å²) in [6.07, 6.45) is 0.